The summed E-state index contributed by atoms with van der Waals surface area (Å²) in [4.78, 5) is 10.5. The molecule has 80 valence electrons. The Morgan fingerprint density at radius 3 is 2.36 bits per heavy atom. The summed E-state index contributed by atoms with van der Waals surface area (Å²) in [6.07, 6.45) is 4.81. The molecule has 0 unspecified atom stereocenters. The van der Waals surface area contributed by atoms with E-state index < -0.39 is 12.6 Å². The van der Waals surface area contributed by atoms with Gasteiger partial charge in [-0.05, 0) is 5.57 Å². The summed E-state index contributed by atoms with van der Waals surface area (Å²) in [7, 11) is 0. The van der Waals surface area contributed by atoms with Gasteiger partial charge in [-0.1, -0.05) is 45.2 Å². The number of carbonyl (C=O) groups excluding carboxylic acids is 1. The van der Waals surface area contributed by atoms with Gasteiger partial charge in [0.1, 0.15) is 13.2 Å². The monoisotopic (exact) mass is 198 g/mol. The zero-order valence-corrected chi connectivity index (χ0v) is 8.82. The fraction of sp³-hybridized carbons (Fsp3) is 0.364. The van der Waals surface area contributed by atoms with E-state index in [1.807, 2.05) is 13.8 Å². The number of rotatable bonds is 5. The van der Waals surface area contributed by atoms with Crippen LogP contribution in [0, 0.1) is 0 Å². The summed E-state index contributed by atoms with van der Waals surface area (Å²) in [6.45, 7) is 10.5. The summed E-state index contributed by atoms with van der Waals surface area (Å²) in [5.41, 5.74) is 0.742. The Morgan fingerprint density at radius 1 is 1.43 bits per heavy atom. The Morgan fingerprint density at radius 2 is 2.00 bits per heavy atom. The SMILES string of the molecule is C=C/C=C(\C=C)COC(=O)CO.CC. The molecule has 0 bridgehead atoms. The first-order chi connectivity index (χ1) is 6.74. The molecule has 0 aromatic carbocycles. The molecule has 3 nitrogen and oxygen atoms in total. The molecule has 0 heterocycles. The molecule has 0 fully saturated rings. The molecule has 0 aromatic rings. The molecule has 0 aliphatic rings. The molecule has 0 amide bonds. The summed E-state index contributed by atoms with van der Waals surface area (Å²) < 4.78 is 4.62. The van der Waals surface area contributed by atoms with Crippen molar-refractivity contribution in [2.45, 2.75) is 13.8 Å². The largest absolute Gasteiger partial charge is 0.459 e. The van der Waals surface area contributed by atoms with Gasteiger partial charge < -0.3 is 9.84 Å². The van der Waals surface area contributed by atoms with Crippen LogP contribution in [0.3, 0.4) is 0 Å². The van der Waals surface area contributed by atoms with Crippen LogP contribution in [0.5, 0.6) is 0 Å². The van der Waals surface area contributed by atoms with E-state index >= 15 is 0 Å². The quantitative estimate of drug-likeness (QED) is 0.541. The molecular weight excluding hydrogens is 180 g/mol. The van der Waals surface area contributed by atoms with Gasteiger partial charge in [-0.25, -0.2) is 4.79 Å². The van der Waals surface area contributed by atoms with E-state index in [1.165, 1.54) is 0 Å². The molecule has 0 saturated carbocycles. The standard InChI is InChI=1S/C9H12O3.C2H6/c1-3-5-8(4-2)7-12-9(11)6-10;1-2/h3-5,10H,1-2,6-7H2;1-2H3/b8-5+;. The van der Waals surface area contributed by atoms with Crippen molar-refractivity contribution < 1.29 is 14.6 Å². The topological polar surface area (TPSA) is 46.5 Å². The lowest BCUT2D eigenvalue weighted by Gasteiger charge is -2.01. The van der Waals surface area contributed by atoms with Gasteiger partial charge >= 0.3 is 5.97 Å². The molecule has 0 aromatic heterocycles. The predicted octanol–water partition coefficient (Wildman–Crippen LogP) is 1.85. The van der Waals surface area contributed by atoms with Crippen molar-refractivity contribution in [3.8, 4) is 0 Å². The van der Waals surface area contributed by atoms with Crippen LogP contribution < -0.4 is 0 Å². The number of hydrogen-bond donors (Lipinski definition) is 1. The highest BCUT2D eigenvalue weighted by molar-refractivity contribution is 5.70. The highest BCUT2D eigenvalue weighted by Gasteiger charge is 1.99. The van der Waals surface area contributed by atoms with Crippen LogP contribution in [-0.2, 0) is 9.53 Å². The number of aliphatic hydroxyl groups is 1. The number of hydrogen-bond acceptors (Lipinski definition) is 3. The van der Waals surface area contributed by atoms with E-state index in [-0.39, 0.29) is 6.61 Å². The van der Waals surface area contributed by atoms with Gasteiger partial charge in [0.2, 0.25) is 0 Å². The number of ether oxygens (including phenoxy) is 1. The van der Waals surface area contributed by atoms with Crippen molar-refractivity contribution in [1.82, 2.24) is 0 Å². The fourth-order valence-corrected chi connectivity index (χ4v) is 0.536. The highest BCUT2D eigenvalue weighted by Crippen LogP contribution is 1.96. The van der Waals surface area contributed by atoms with Gasteiger partial charge in [-0.2, -0.15) is 0 Å². The van der Waals surface area contributed by atoms with E-state index in [2.05, 4.69) is 17.9 Å². The minimum atomic E-state index is -0.646. The molecule has 0 spiro atoms. The minimum absolute atomic E-state index is 0.120. The smallest absolute Gasteiger partial charge is 0.332 e. The summed E-state index contributed by atoms with van der Waals surface area (Å²) in [5.74, 6) is -0.646. The van der Waals surface area contributed by atoms with Gasteiger partial charge in [0, 0.05) is 0 Å². The molecule has 0 aliphatic heterocycles. The van der Waals surface area contributed by atoms with Gasteiger partial charge in [0.05, 0.1) is 0 Å². The second kappa shape index (κ2) is 11.6. The van der Waals surface area contributed by atoms with Gasteiger partial charge in [0.15, 0.2) is 0 Å². The zero-order valence-electron chi connectivity index (χ0n) is 8.82. The Hall–Kier alpha value is -1.35. The number of aliphatic hydroxyl groups excluding tert-OH is 1. The normalized spacial score (nSPS) is 9.50. The van der Waals surface area contributed by atoms with Crippen molar-refractivity contribution in [1.29, 1.82) is 0 Å². The van der Waals surface area contributed by atoms with Crippen LogP contribution in [0.1, 0.15) is 13.8 Å². The first-order valence-corrected chi connectivity index (χ1v) is 4.45. The van der Waals surface area contributed by atoms with Crippen molar-refractivity contribution >= 4 is 5.97 Å². The third-order valence-electron chi connectivity index (χ3n) is 1.12. The first-order valence-electron chi connectivity index (χ1n) is 4.45. The minimum Gasteiger partial charge on any atom is -0.459 e. The maximum Gasteiger partial charge on any atom is 0.332 e. The number of esters is 1. The average Bonchev–Trinajstić information content (AvgIpc) is 2.26. The fourth-order valence-electron chi connectivity index (χ4n) is 0.536. The summed E-state index contributed by atoms with van der Waals surface area (Å²) in [6, 6.07) is 0. The molecule has 0 radical (unpaired) electrons. The van der Waals surface area contributed by atoms with Crippen molar-refractivity contribution in [3.63, 3.8) is 0 Å². The highest BCUT2D eigenvalue weighted by atomic mass is 16.5. The predicted molar refractivity (Wildman–Crippen MR) is 57.9 cm³/mol. The number of carbonyl (C=O) groups is 1. The average molecular weight is 198 g/mol. The second-order valence-electron chi connectivity index (χ2n) is 2.00. The van der Waals surface area contributed by atoms with E-state index in [4.69, 9.17) is 5.11 Å². The molecule has 0 saturated heterocycles. The van der Waals surface area contributed by atoms with E-state index in [0.29, 0.717) is 0 Å². The Bertz CT molecular complexity index is 205. The summed E-state index contributed by atoms with van der Waals surface area (Å²) in [5, 5.41) is 8.31. The Labute approximate surface area is 85.4 Å². The van der Waals surface area contributed by atoms with Crippen molar-refractivity contribution in [3.05, 3.63) is 37.0 Å². The van der Waals surface area contributed by atoms with Crippen LogP contribution in [0.2, 0.25) is 0 Å². The maximum atomic E-state index is 10.5. The van der Waals surface area contributed by atoms with Crippen LogP contribution >= 0.6 is 0 Å². The van der Waals surface area contributed by atoms with E-state index in [0.717, 1.165) is 5.57 Å². The van der Waals surface area contributed by atoms with Crippen LogP contribution in [0.25, 0.3) is 0 Å². The Kier molecular flexibility index (Phi) is 12.6. The van der Waals surface area contributed by atoms with Crippen molar-refractivity contribution in [2.75, 3.05) is 13.2 Å². The maximum absolute atomic E-state index is 10.5. The van der Waals surface area contributed by atoms with Crippen LogP contribution in [0.4, 0.5) is 0 Å². The lowest BCUT2D eigenvalue weighted by molar-refractivity contribution is -0.145. The molecule has 0 aliphatic carbocycles. The van der Waals surface area contributed by atoms with Crippen LogP contribution in [0.15, 0.2) is 37.0 Å². The molecule has 3 heteroatoms. The lowest BCUT2D eigenvalue weighted by atomic mass is 10.2. The Balaban J connectivity index is 0. The number of allylic oxidation sites excluding steroid dienone is 2. The van der Waals surface area contributed by atoms with E-state index in [1.54, 1.807) is 18.2 Å². The van der Waals surface area contributed by atoms with E-state index in [9.17, 15) is 4.79 Å². The molecule has 1 N–H and O–H groups in total. The molecule has 0 rings (SSSR count). The van der Waals surface area contributed by atoms with Crippen LogP contribution in [-0.4, -0.2) is 24.3 Å². The van der Waals surface area contributed by atoms with Gasteiger partial charge in [-0.3, -0.25) is 0 Å². The zero-order chi connectivity index (χ0) is 11.4. The molecule has 0 atom stereocenters. The first kappa shape index (κ1) is 15.1. The third-order valence-corrected chi connectivity index (χ3v) is 1.12. The lowest BCUT2D eigenvalue weighted by Crippen LogP contribution is -2.10. The van der Waals surface area contributed by atoms with Crippen molar-refractivity contribution in [2.24, 2.45) is 0 Å². The van der Waals surface area contributed by atoms with Gasteiger partial charge in [-0.15, -0.1) is 0 Å². The van der Waals surface area contributed by atoms with Gasteiger partial charge in [0.25, 0.3) is 0 Å². The third kappa shape index (κ3) is 8.74. The summed E-state index contributed by atoms with van der Waals surface area (Å²) >= 11 is 0. The molecule has 14 heavy (non-hydrogen) atoms. The molecular formula is C11H18O3. The second-order valence-corrected chi connectivity index (χ2v) is 2.00.